The van der Waals surface area contributed by atoms with Crippen LogP contribution in [0.15, 0.2) is 30.3 Å². The summed E-state index contributed by atoms with van der Waals surface area (Å²) in [7, 11) is 0. The molecule has 1 atom stereocenters. The van der Waals surface area contributed by atoms with Crippen molar-refractivity contribution in [2.75, 3.05) is 26.2 Å². The number of hydrogen-bond acceptors (Lipinski definition) is 3. The van der Waals surface area contributed by atoms with Crippen molar-refractivity contribution in [3.8, 4) is 0 Å². The highest BCUT2D eigenvalue weighted by Gasteiger charge is 2.14. The molecule has 0 radical (unpaired) electrons. The quantitative estimate of drug-likeness (QED) is 0.627. The second-order valence-corrected chi connectivity index (χ2v) is 5.37. The first kappa shape index (κ1) is 24.4. The number of hydrogen-bond donors (Lipinski definition) is 2. The maximum atomic E-state index is 12.0. The third-order valence-electron chi connectivity index (χ3n) is 3.47. The third kappa shape index (κ3) is 9.82. The maximum absolute atomic E-state index is 12.0. The summed E-state index contributed by atoms with van der Waals surface area (Å²) in [5.41, 5.74) is 6.81. The van der Waals surface area contributed by atoms with Gasteiger partial charge in [-0.2, -0.15) is 0 Å². The molecule has 0 saturated heterocycles. The van der Waals surface area contributed by atoms with Gasteiger partial charge < -0.3 is 16.0 Å². The van der Waals surface area contributed by atoms with E-state index in [-0.39, 0.29) is 30.7 Å². The summed E-state index contributed by atoms with van der Waals surface area (Å²) in [6, 6.07) is 8.91. The summed E-state index contributed by atoms with van der Waals surface area (Å²) < 4.78 is 0. The van der Waals surface area contributed by atoms with Crippen LogP contribution in [0.4, 0.5) is 0 Å². The molecule has 0 spiro atoms. The molecule has 23 heavy (non-hydrogen) atoms. The van der Waals surface area contributed by atoms with Crippen LogP contribution in [-0.4, -0.2) is 37.0 Å². The lowest BCUT2D eigenvalue weighted by Crippen LogP contribution is -2.36. The van der Waals surface area contributed by atoms with Crippen molar-refractivity contribution < 1.29 is 4.79 Å². The first-order valence-corrected chi connectivity index (χ1v) is 7.99. The van der Waals surface area contributed by atoms with E-state index in [2.05, 4.69) is 24.1 Å². The highest BCUT2D eigenvalue weighted by Crippen LogP contribution is 2.09. The monoisotopic (exact) mass is 363 g/mol. The van der Waals surface area contributed by atoms with Gasteiger partial charge >= 0.3 is 0 Å². The van der Waals surface area contributed by atoms with E-state index in [1.165, 1.54) is 12.8 Å². The second-order valence-electron chi connectivity index (χ2n) is 5.37. The molecule has 6 heteroatoms. The Morgan fingerprint density at radius 1 is 1.09 bits per heavy atom. The van der Waals surface area contributed by atoms with Gasteiger partial charge in [0.25, 0.3) is 0 Å². The van der Waals surface area contributed by atoms with Crippen LogP contribution in [0, 0.1) is 0 Å². The van der Waals surface area contributed by atoms with Gasteiger partial charge in [-0.05, 0) is 44.5 Å². The number of rotatable bonds is 10. The van der Waals surface area contributed by atoms with Gasteiger partial charge in [0.05, 0.1) is 0 Å². The normalized spacial score (nSPS) is 11.3. The van der Waals surface area contributed by atoms with Gasteiger partial charge in [0.1, 0.15) is 6.04 Å². The fourth-order valence-electron chi connectivity index (χ4n) is 2.40. The van der Waals surface area contributed by atoms with E-state index in [1.807, 2.05) is 30.3 Å². The van der Waals surface area contributed by atoms with Crippen molar-refractivity contribution in [1.29, 1.82) is 0 Å². The lowest BCUT2D eigenvalue weighted by molar-refractivity contribution is -0.122. The zero-order chi connectivity index (χ0) is 15.5. The Hall–Kier alpha value is -0.810. The van der Waals surface area contributed by atoms with Crippen LogP contribution in [0.5, 0.6) is 0 Å². The summed E-state index contributed by atoms with van der Waals surface area (Å²) in [5.74, 6) is -0.0984. The predicted octanol–water partition coefficient (Wildman–Crippen LogP) is 3.16. The minimum Gasteiger partial charge on any atom is -0.354 e. The number of amides is 1. The van der Waals surface area contributed by atoms with Gasteiger partial charge in [-0.25, -0.2) is 0 Å². The van der Waals surface area contributed by atoms with E-state index in [0.717, 1.165) is 31.6 Å². The van der Waals surface area contributed by atoms with Gasteiger partial charge in [0.15, 0.2) is 0 Å². The van der Waals surface area contributed by atoms with E-state index in [9.17, 15) is 4.79 Å². The van der Waals surface area contributed by atoms with Crippen LogP contribution < -0.4 is 11.1 Å². The van der Waals surface area contributed by atoms with E-state index in [4.69, 9.17) is 5.73 Å². The van der Waals surface area contributed by atoms with Gasteiger partial charge in [-0.3, -0.25) is 4.79 Å². The summed E-state index contributed by atoms with van der Waals surface area (Å²) >= 11 is 0. The highest BCUT2D eigenvalue weighted by molar-refractivity contribution is 5.85. The molecule has 0 bridgehead atoms. The number of halogens is 2. The lowest BCUT2D eigenvalue weighted by Gasteiger charge is -2.21. The Kier molecular flexibility index (Phi) is 15.7. The highest BCUT2D eigenvalue weighted by atomic mass is 35.5. The van der Waals surface area contributed by atoms with E-state index in [1.54, 1.807) is 0 Å². The average Bonchev–Trinajstić information content (AvgIpc) is 2.51. The molecule has 1 aromatic rings. The fourth-order valence-corrected chi connectivity index (χ4v) is 2.40. The molecule has 0 heterocycles. The van der Waals surface area contributed by atoms with E-state index in [0.29, 0.717) is 6.54 Å². The van der Waals surface area contributed by atoms with Crippen molar-refractivity contribution in [2.24, 2.45) is 5.73 Å². The molecular weight excluding hydrogens is 333 g/mol. The Balaban J connectivity index is 0. The summed E-state index contributed by atoms with van der Waals surface area (Å²) in [6.07, 6.45) is 3.31. The summed E-state index contributed by atoms with van der Waals surface area (Å²) in [4.78, 5) is 14.4. The molecule has 0 aliphatic carbocycles. The maximum Gasteiger partial charge on any atom is 0.241 e. The molecule has 0 aromatic heterocycles. The summed E-state index contributed by atoms with van der Waals surface area (Å²) in [5, 5.41) is 2.93. The minimum atomic E-state index is -0.575. The first-order chi connectivity index (χ1) is 10.2. The largest absolute Gasteiger partial charge is 0.354 e. The van der Waals surface area contributed by atoms with Crippen LogP contribution in [0.2, 0.25) is 0 Å². The van der Waals surface area contributed by atoms with Crippen molar-refractivity contribution in [2.45, 2.75) is 39.2 Å². The summed E-state index contributed by atoms with van der Waals surface area (Å²) in [6.45, 7) is 8.37. The number of carbonyl (C=O) groups is 1. The Bertz CT molecular complexity index is 398. The SMILES string of the molecule is CCCN(CCC)CCCNC(=O)C(N)c1ccccc1.Cl.Cl. The third-order valence-corrected chi connectivity index (χ3v) is 3.47. The Morgan fingerprint density at radius 2 is 1.65 bits per heavy atom. The lowest BCUT2D eigenvalue weighted by atomic mass is 10.1. The van der Waals surface area contributed by atoms with Crippen LogP contribution >= 0.6 is 24.8 Å². The molecule has 4 nitrogen and oxygen atoms in total. The number of nitrogens with zero attached hydrogens (tertiary/aromatic N) is 1. The topological polar surface area (TPSA) is 58.4 Å². The molecule has 134 valence electrons. The van der Waals surface area contributed by atoms with Crippen molar-refractivity contribution in [3.05, 3.63) is 35.9 Å². The molecule has 0 fully saturated rings. The molecule has 1 rings (SSSR count). The van der Waals surface area contributed by atoms with Crippen LogP contribution in [0.1, 0.15) is 44.7 Å². The standard InChI is InChI=1S/C17H29N3O.2ClH/c1-3-12-20(13-4-2)14-8-11-19-17(21)16(18)15-9-6-5-7-10-15;;/h5-7,9-10,16H,3-4,8,11-14,18H2,1-2H3,(H,19,21);2*1H. The molecule has 1 aromatic carbocycles. The van der Waals surface area contributed by atoms with Crippen molar-refractivity contribution in [3.63, 3.8) is 0 Å². The molecule has 0 aliphatic heterocycles. The molecule has 0 aliphatic rings. The van der Waals surface area contributed by atoms with Gasteiger partial charge in [-0.15, -0.1) is 24.8 Å². The molecule has 1 amide bonds. The van der Waals surface area contributed by atoms with Crippen LogP contribution in [0.25, 0.3) is 0 Å². The smallest absolute Gasteiger partial charge is 0.241 e. The Morgan fingerprint density at radius 3 is 2.17 bits per heavy atom. The van der Waals surface area contributed by atoms with Crippen LogP contribution in [-0.2, 0) is 4.79 Å². The van der Waals surface area contributed by atoms with Crippen molar-refractivity contribution >= 4 is 30.7 Å². The van der Waals surface area contributed by atoms with E-state index < -0.39 is 6.04 Å². The molecule has 0 saturated carbocycles. The predicted molar refractivity (Wildman–Crippen MR) is 103 cm³/mol. The molecular formula is C17H31Cl2N3O. The Labute approximate surface area is 153 Å². The molecule has 3 N–H and O–H groups in total. The van der Waals surface area contributed by atoms with Crippen LogP contribution in [0.3, 0.4) is 0 Å². The number of benzene rings is 1. The zero-order valence-electron chi connectivity index (χ0n) is 14.2. The number of carbonyl (C=O) groups excluding carboxylic acids is 1. The number of nitrogens with one attached hydrogen (secondary N) is 1. The number of nitrogens with two attached hydrogens (primary N) is 1. The fraction of sp³-hybridized carbons (Fsp3) is 0.588. The molecule has 1 unspecified atom stereocenters. The van der Waals surface area contributed by atoms with Gasteiger partial charge in [0, 0.05) is 6.54 Å². The minimum absolute atomic E-state index is 0. The van der Waals surface area contributed by atoms with Gasteiger partial charge in [0.2, 0.25) is 5.91 Å². The zero-order valence-corrected chi connectivity index (χ0v) is 15.8. The second kappa shape index (κ2) is 14.8. The average molecular weight is 364 g/mol. The van der Waals surface area contributed by atoms with Gasteiger partial charge in [-0.1, -0.05) is 44.2 Å². The van der Waals surface area contributed by atoms with Crippen molar-refractivity contribution in [1.82, 2.24) is 10.2 Å². The van der Waals surface area contributed by atoms with E-state index >= 15 is 0 Å². The first-order valence-electron chi connectivity index (χ1n) is 7.99.